The van der Waals surface area contributed by atoms with Gasteiger partial charge in [-0.3, -0.25) is 8.51 Å². The Balaban J connectivity index is 1.68. The fourth-order valence-electron chi connectivity index (χ4n) is 3.69. The zero-order valence-electron chi connectivity index (χ0n) is 16.6. The SMILES string of the molecule is O=C(O)c1ccc(CCc2ccccc2N(c2cccc3ccccc23)S(=O)[O-])cc1. The van der Waals surface area contributed by atoms with Gasteiger partial charge in [0.25, 0.3) is 0 Å². The van der Waals surface area contributed by atoms with Crippen LogP contribution in [0, 0.1) is 0 Å². The molecule has 0 fully saturated rings. The van der Waals surface area contributed by atoms with E-state index in [9.17, 15) is 13.6 Å². The van der Waals surface area contributed by atoms with E-state index < -0.39 is 17.2 Å². The van der Waals surface area contributed by atoms with E-state index in [1.807, 2.05) is 54.6 Å². The molecule has 0 heterocycles. The van der Waals surface area contributed by atoms with E-state index in [0.717, 1.165) is 21.9 Å². The van der Waals surface area contributed by atoms with Crippen molar-refractivity contribution >= 4 is 39.4 Å². The van der Waals surface area contributed by atoms with Gasteiger partial charge in [0.05, 0.1) is 28.2 Å². The number of nitrogens with zero attached hydrogens (tertiary/aromatic N) is 1. The minimum absolute atomic E-state index is 0.244. The minimum Gasteiger partial charge on any atom is -0.755 e. The lowest BCUT2D eigenvalue weighted by Crippen LogP contribution is -2.21. The predicted molar refractivity (Wildman–Crippen MR) is 122 cm³/mol. The molecular weight excluding hydrogens is 410 g/mol. The first-order valence-electron chi connectivity index (χ1n) is 9.82. The van der Waals surface area contributed by atoms with Gasteiger partial charge >= 0.3 is 5.97 Å². The molecule has 0 saturated heterocycles. The zero-order chi connectivity index (χ0) is 21.8. The number of carbonyl (C=O) groups is 1. The monoisotopic (exact) mass is 430 g/mol. The molecule has 0 bridgehead atoms. The van der Waals surface area contributed by atoms with E-state index in [-0.39, 0.29) is 5.56 Å². The van der Waals surface area contributed by atoms with Crippen LogP contribution >= 0.6 is 0 Å². The van der Waals surface area contributed by atoms with Crippen LogP contribution in [0.15, 0.2) is 91.0 Å². The second-order valence-electron chi connectivity index (χ2n) is 7.14. The van der Waals surface area contributed by atoms with Crippen molar-refractivity contribution in [3.8, 4) is 0 Å². The molecule has 5 nitrogen and oxygen atoms in total. The van der Waals surface area contributed by atoms with Crippen LogP contribution in [-0.2, 0) is 24.1 Å². The second-order valence-corrected chi connectivity index (χ2v) is 7.94. The molecule has 156 valence electrons. The Morgan fingerprint density at radius 2 is 1.45 bits per heavy atom. The number of para-hydroxylation sites is 1. The van der Waals surface area contributed by atoms with Gasteiger partial charge in [-0.1, -0.05) is 66.7 Å². The Morgan fingerprint density at radius 1 is 0.806 bits per heavy atom. The summed E-state index contributed by atoms with van der Waals surface area (Å²) in [6, 6.07) is 27.5. The van der Waals surface area contributed by atoms with E-state index in [1.165, 1.54) is 4.31 Å². The summed E-state index contributed by atoms with van der Waals surface area (Å²) in [7, 11) is 0. The first kappa shape index (κ1) is 20.8. The topological polar surface area (TPSA) is 80.7 Å². The van der Waals surface area contributed by atoms with Gasteiger partial charge in [0.1, 0.15) is 0 Å². The van der Waals surface area contributed by atoms with Gasteiger partial charge in [0.2, 0.25) is 0 Å². The third-order valence-corrected chi connectivity index (χ3v) is 5.92. The number of carboxylic acids is 1. The molecule has 0 aromatic heterocycles. The first-order valence-corrected chi connectivity index (χ1v) is 10.8. The second kappa shape index (κ2) is 9.12. The number of aryl methyl sites for hydroxylation is 2. The van der Waals surface area contributed by atoms with Crippen LogP contribution in [0.4, 0.5) is 11.4 Å². The van der Waals surface area contributed by atoms with Crippen LogP contribution in [-0.4, -0.2) is 19.8 Å². The Kier molecular flexibility index (Phi) is 6.11. The molecule has 0 radical (unpaired) electrons. The zero-order valence-corrected chi connectivity index (χ0v) is 17.4. The third kappa shape index (κ3) is 4.50. The molecule has 0 aliphatic carbocycles. The Bertz CT molecular complexity index is 1250. The lowest BCUT2D eigenvalue weighted by Gasteiger charge is -2.29. The van der Waals surface area contributed by atoms with Crippen molar-refractivity contribution in [2.75, 3.05) is 4.31 Å². The summed E-state index contributed by atoms with van der Waals surface area (Å²) in [4.78, 5) is 11.0. The summed E-state index contributed by atoms with van der Waals surface area (Å²) in [6.45, 7) is 0. The predicted octanol–water partition coefficient (Wildman–Crippen LogP) is 5.26. The largest absolute Gasteiger partial charge is 0.755 e. The highest BCUT2D eigenvalue weighted by molar-refractivity contribution is 7.81. The summed E-state index contributed by atoms with van der Waals surface area (Å²) in [5.74, 6) is -0.958. The van der Waals surface area contributed by atoms with Crippen molar-refractivity contribution in [3.05, 3.63) is 108 Å². The maximum absolute atomic E-state index is 12.3. The molecule has 0 aliphatic heterocycles. The number of hydrogen-bond donors (Lipinski definition) is 1. The van der Waals surface area contributed by atoms with Crippen LogP contribution in [0.3, 0.4) is 0 Å². The number of carboxylic acid groups (broad SMARTS) is 1. The lowest BCUT2D eigenvalue weighted by atomic mass is 10.0. The van der Waals surface area contributed by atoms with Gasteiger partial charge in [0, 0.05) is 5.39 Å². The number of fused-ring (bicyclic) bond motifs is 1. The van der Waals surface area contributed by atoms with Gasteiger partial charge in [-0.2, -0.15) is 0 Å². The molecule has 4 rings (SSSR count). The van der Waals surface area contributed by atoms with Crippen molar-refractivity contribution < 1.29 is 18.7 Å². The first-order chi connectivity index (χ1) is 15.0. The van der Waals surface area contributed by atoms with Crippen LogP contribution in [0.1, 0.15) is 21.5 Å². The summed E-state index contributed by atoms with van der Waals surface area (Å²) < 4.78 is 26.0. The van der Waals surface area contributed by atoms with E-state index in [2.05, 4.69) is 0 Å². The minimum atomic E-state index is -2.51. The molecule has 1 N–H and O–H groups in total. The fraction of sp³-hybridized carbons (Fsp3) is 0.0800. The maximum Gasteiger partial charge on any atom is 0.335 e. The van der Waals surface area contributed by atoms with Gasteiger partial charge in [0.15, 0.2) is 0 Å². The number of rotatable bonds is 7. The smallest absolute Gasteiger partial charge is 0.335 e. The highest BCUT2D eigenvalue weighted by atomic mass is 32.2. The van der Waals surface area contributed by atoms with Crippen molar-refractivity contribution in [1.82, 2.24) is 0 Å². The molecule has 1 atom stereocenters. The Labute approximate surface area is 183 Å². The molecule has 0 saturated carbocycles. The summed E-state index contributed by atoms with van der Waals surface area (Å²) >= 11 is -2.51. The summed E-state index contributed by atoms with van der Waals surface area (Å²) in [6.07, 6.45) is 1.27. The Morgan fingerprint density at radius 3 is 2.19 bits per heavy atom. The van der Waals surface area contributed by atoms with Crippen LogP contribution in [0.5, 0.6) is 0 Å². The van der Waals surface area contributed by atoms with Crippen molar-refractivity contribution in [2.24, 2.45) is 0 Å². The molecule has 1 unspecified atom stereocenters. The van der Waals surface area contributed by atoms with E-state index >= 15 is 0 Å². The molecule has 31 heavy (non-hydrogen) atoms. The van der Waals surface area contributed by atoms with Gasteiger partial charge in [-0.05, 0) is 53.6 Å². The molecule has 0 aliphatic rings. The average Bonchev–Trinajstić information content (AvgIpc) is 2.79. The van der Waals surface area contributed by atoms with E-state index in [1.54, 1.807) is 36.4 Å². The Hall–Kier alpha value is -3.48. The maximum atomic E-state index is 12.3. The molecule has 6 heteroatoms. The van der Waals surface area contributed by atoms with Crippen molar-refractivity contribution in [2.45, 2.75) is 12.8 Å². The number of anilines is 2. The van der Waals surface area contributed by atoms with Gasteiger partial charge in [-0.25, -0.2) is 4.79 Å². The van der Waals surface area contributed by atoms with Crippen LogP contribution in [0.25, 0.3) is 10.8 Å². The van der Waals surface area contributed by atoms with Crippen molar-refractivity contribution in [3.63, 3.8) is 0 Å². The number of benzene rings is 4. The normalized spacial score (nSPS) is 11.9. The molecule has 4 aromatic carbocycles. The highest BCUT2D eigenvalue weighted by Gasteiger charge is 2.16. The summed E-state index contributed by atoms with van der Waals surface area (Å²) in [5.41, 5.74) is 3.33. The molecule has 4 aromatic rings. The average molecular weight is 431 g/mol. The molecule has 0 spiro atoms. The quantitative estimate of drug-likeness (QED) is 0.406. The van der Waals surface area contributed by atoms with Crippen LogP contribution in [0.2, 0.25) is 0 Å². The standard InChI is InChI=1S/C25H21NO4S/c27-25(28)21-16-13-18(14-17-21)12-15-20-7-2-4-10-23(20)26(31(29)30)24-11-5-8-19-6-1-3-9-22(19)24/h1-11,13-14,16-17H,12,15H2,(H,27,28)(H,29,30)/p-1. The summed E-state index contributed by atoms with van der Waals surface area (Å²) in [5, 5.41) is 10.9. The number of hydrogen-bond acceptors (Lipinski definition) is 3. The highest BCUT2D eigenvalue weighted by Crippen LogP contribution is 2.35. The van der Waals surface area contributed by atoms with E-state index in [0.29, 0.717) is 24.2 Å². The molecule has 0 amide bonds. The third-order valence-electron chi connectivity index (χ3n) is 5.23. The van der Waals surface area contributed by atoms with Gasteiger partial charge in [-0.15, -0.1) is 0 Å². The lowest BCUT2D eigenvalue weighted by molar-refractivity contribution is 0.0697. The van der Waals surface area contributed by atoms with E-state index in [4.69, 9.17) is 5.11 Å². The fourth-order valence-corrected chi connectivity index (χ4v) is 4.35. The van der Waals surface area contributed by atoms with Crippen molar-refractivity contribution in [1.29, 1.82) is 0 Å². The molecular formula is C25H20NO4S-. The number of aromatic carboxylic acids is 1. The van der Waals surface area contributed by atoms with Crippen LogP contribution < -0.4 is 4.31 Å². The van der Waals surface area contributed by atoms with Gasteiger partial charge < -0.3 is 9.66 Å².